The molecule has 0 aliphatic rings. The lowest BCUT2D eigenvalue weighted by Gasteiger charge is -1.90. The van der Waals surface area contributed by atoms with E-state index in [0.717, 1.165) is 6.07 Å². The first-order valence-electron chi connectivity index (χ1n) is 3.05. The molecule has 0 amide bonds. The van der Waals surface area contributed by atoms with E-state index >= 15 is 0 Å². The number of amidine groups is 1. The minimum Gasteiger partial charge on any atom is -0.382 e. The van der Waals surface area contributed by atoms with Crippen LogP contribution >= 0.6 is 0 Å². The van der Waals surface area contributed by atoms with E-state index in [1.54, 1.807) is 0 Å². The van der Waals surface area contributed by atoms with E-state index in [0.29, 0.717) is 0 Å². The molecule has 0 saturated carbocycles. The molecule has 0 atom stereocenters. The molecule has 0 radical (unpaired) electrons. The lowest BCUT2D eigenvalue weighted by atomic mass is 10.4. The van der Waals surface area contributed by atoms with Crippen molar-refractivity contribution in [1.29, 1.82) is 5.41 Å². The molecule has 0 aliphatic heterocycles. The summed E-state index contributed by atoms with van der Waals surface area (Å²) in [4.78, 5) is 9.58. The van der Waals surface area contributed by atoms with Crippen LogP contribution < -0.4 is 5.73 Å². The van der Waals surface area contributed by atoms with Crippen LogP contribution in [-0.4, -0.2) is 20.5 Å². The molecule has 1 aromatic heterocycles. The fourth-order valence-electron chi connectivity index (χ4n) is 0.793. The first-order valence-corrected chi connectivity index (χ1v) is 3.05. The second kappa shape index (κ2) is 2.61. The molecular formula is C5H7N5O2. The van der Waals surface area contributed by atoms with Crippen LogP contribution in [0.2, 0.25) is 0 Å². The van der Waals surface area contributed by atoms with E-state index in [2.05, 4.69) is 5.10 Å². The highest BCUT2D eigenvalue weighted by Gasteiger charge is 2.16. The van der Waals surface area contributed by atoms with Crippen molar-refractivity contribution < 1.29 is 4.92 Å². The summed E-state index contributed by atoms with van der Waals surface area (Å²) in [5, 5.41) is 20.8. The average molecular weight is 169 g/mol. The summed E-state index contributed by atoms with van der Waals surface area (Å²) < 4.78 is 1.19. The van der Waals surface area contributed by atoms with Crippen molar-refractivity contribution in [2.75, 3.05) is 0 Å². The smallest absolute Gasteiger partial charge is 0.382 e. The Kier molecular flexibility index (Phi) is 1.78. The third kappa shape index (κ3) is 1.24. The highest BCUT2D eigenvalue weighted by Crippen LogP contribution is 2.09. The minimum absolute atomic E-state index is 0.238. The number of nitrogens with two attached hydrogens (primary N) is 1. The molecule has 1 heterocycles. The number of hydrogen-bond acceptors (Lipinski definition) is 4. The quantitative estimate of drug-likeness (QED) is 0.272. The van der Waals surface area contributed by atoms with E-state index in [1.165, 1.54) is 11.7 Å². The van der Waals surface area contributed by atoms with Gasteiger partial charge in [0.2, 0.25) is 0 Å². The number of hydrogen-bond donors (Lipinski definition) is 2. The molecule has 12 heavy (non-hydrogen) atoms. The number of aryl methyl sites for hydroxylation is 1. The average Bonchev–Trinajstić information content (AvgIpc) is 2.30. The number of rotatable bonds is 2. The third-order valence-corrected chi connectivity index (χ3v) is 1.33. The first kappa shape index (κ1) is 8.18. The number of nitrogen functional groups attached to an aromatic ring is 1. The van der Waals surface area contributed by atoms with Crippen molar-refractivity contribution in [3.63, 3.8) is 0 Å². The lowest BCUT2D eigenvalue weighted by Crippen LogP contribution is -2.15. The summed E-state index contributed by atoms with van der Waals surface area (Å²) >= 11 is 0. The highest BCUT2D eigenvalue weighted by atomic mass is 16.6. The van der Waals surface area contributed by atoms with Gasteiger partial charge in [-0.25, -0.2) is 0 Å². The molecule has 64 valence electrons. The van der Waals surface area contributed by atoms with Crippen LogP contribution in [0, 0.1) is 15.5 Å². The Morgan fingerprint density at radius 2 is 2.50 bits per heavy atom. The number of aromatic nitrogens is 2. The summed E-state index contributed by atoms with van der Waals surface area (Å²) in [7, 11) is 1.49. The highest BCUT2D eigenvalue weighted by molar-refractivity contribution is 5.93. The summed E-state index contributed by atoms with van der Waals surface area (Å²) in [6.07, 6.45) is 0. The van der Waals surface area contributed by atoms with Crippen LogP contribution in [0.25, 0.3) is 0 Å². The fourth-order valence-corrected chi connectivity index (χ4v) is 0.793. The Morgan fingerprint density at radius 3 is 2.75 bits per heavy atom. The summed E-state index contributed by atoms with van der Waals surface area (Å²) in [6.45, 7) is 0. The van der Waals surface area contributed by atoms with Gasteiger partial charge < -0.3 is 15.8 Å². The van der Waals surface area contributed by atoms with Gasteiger partial charge in [0, 0.05) is 0 Å². The second-order valence-corrected chi connectivity index (χ2v) is 2.18. The zero-order chi connectivity index (χ0) is 9.30. The van der Waals surface area contributed by atoms with Gasteiger partial charge in [-0.3, -0.25) is 5.41 Å². The van der Waals surface area contributed by atoms with Crippen molar-refractivity contribution in [3.8, 4) is 0 Å². The molecule has 0 saturated heterocycles. The van der Waals surface area contributed by atoms with Crippen LogP contribution in [0.4, 0.5) is 5.82 Å². The molecule has 1 rings (SSSR count). The normalized spacial score (nSPS) is 9.75. The summed E-state index contributed by atoms with van der Waals surface area (Å²) in [5.41, 5.74) is 5.37. The van der Waals surface area contributed by atoms with Crippen molar-refractivity contribution in [2.45, 2.75) is 0 Å². The largest absolute Gasteiger partial charge is 0.390 e. The number of nitro groups is 1. The molecular weight excluding hydrogens is 162 g/mol. The molecule has 0 aromatic carbocycles. The van der Waals surface area contributed by atoms with Gasteiger partial charge in [0.15, 0.2) is 0 Å². The Hall–Kier alpha value is -1.92. The maximum atomic E-state index is 10.2. The Bertz CT molecular complexity index is 342. The summed E-state index contributed by atoms with van der Waals surface area (Å²) in [6, 6.07) is 1.16. The Labute approximate surface area is 67.4 Å². The number of nitrogens with zero attached hydrogens (tertiary/aromatic N) is 3. The monoisotopic (exact) mass is 169 g/mol. The Morgan fingerprint density at radius 1 is 1.92 bits per heavy atom. The topological polar surface area (TPSA) is 111 Å². The maximum Gasteiger partial charge on any atom is 0.390 e. The van der Waals surface area contributed by atoms with Crippen LogP contribution in [0.3, 0.4) is 0 Å². The van der Waals surface area contributed by atoms with Gasteiger partial charge in [0.25, 0.3) is 0 Å². The number of nitrogens with one attached hydrogen (secondary N) is 1. The molecule has 0 aliphatic carbocycles. The van der Waals surface area contributed by atoms with Crippen molar-refractivity contribution >= 4 is 11.7 Å². The molecule has 7 nitrogen and oxygen atoms in total. The van der Waals surface area contributed by atoms with Crippen LogP contribution in [0.1, 0.15) is 5.69 Å². The predicted molar refractivity (Wildman–Crippen MR) is 40.9 cm³/mol. The van der Waals surface area contributed by atoms with Gasteiger partial charge in [-0.15, -0.1) is 0 Å². The molecule has 0 bridgehead atoms. The van der Waals surface area contributed by atoms with Gasteiger partial charge in [0.05, 0.1) is 18.2 Å². The van der Waals surface area contributed by atoms with Gasteiger partial charge >= 0.3 is 5.82 Å². The van der Waals surface area contributed by atoms with Crippen molar-refractivity contribution in [3.05, 3.63) is 21.9 Å². The molecule has 7 heteroatoms. The van der Waals surface area contributed by atoms with Gasteiger partial charge in [-0.2, -0.15) is 4.68 Å². The van der Waals surface area contributed by atoms with Crippen LogP contribution in [-0.2, 0) is 7.05 Å². The van der Waals surface area contributed by atoms with E-state index in [9.17, 15) is 10.1 Å². The van der Waals surface area contributed by atoms with E-state index in [4.69, 9.17) is 11.1 Å². The zero-order valence-electron chi connectivity index (χ0n) is 6.31. The molecule has 0 spiro atoms. The Balaban J connectivity index is 3.17. The van der Waals surface area contributed by atoms with E-state index < -0.39 is 4.92 Å². The van der Waals surface area contributed by atoms with Crippen LogP contribution in [0.5, 0.6) is 0 Å². The van der Waals surface area contributed by atoms with E-state index in [-0.39, 0.29) is 17.3 Å². The maximum absolute atomic E-state index is 10.2. The standard InChI is InChI=1S/C5H7N5O2/c1-9-3(5(6)7)2-4(8-9)10(11)12/h2H,1H3,(H3,6,7). The first-order chi connectivity index (χ1) is 5.52. The van der Waals surface area contributed by atoms with E-state index in [1.807, 2.05) is 0 Å². The van der Waals surface area contributed by atoms with Crippen molar-refractivity contribution in [1.82, 2.24) is 9.78 Å². The van der Waals surface area contributed by atoms with Gasteiger partial charge in [0.1, 0.15) is 11.5 Å². The van der Waals surface area contributed by atoms with Crippen LogP contribution in [0.15, 0.2) is 6.07 Å². The summed E-state index contributed by atoms with van der Waals surface area (Å²) in [5.74, 6) is -0.541. The second-order valence-electron chi connectivity index (χ2n) is 2.18. The van der Waals surface area contributed by atoms with Crippen molar-refractivity contribution in [2.24, 2.45) is 12.8 Å². The third-order valence-electron chi connectivity index (χ3n) is 1.33. The molecule has 3 N–H and O–H groups in total. The molecule has 0 fully saturated rings. The lowest BCUT2D eigenvalue weighted by molar-refractivity contribution is -0.389. The van der Waals surface area contributed by atoms with Gasteiger partial charge in [-0.1, -0.05) is 0 Å². The van der Waals surface area contributed by atoms with Gasteiger partial charge in [-0.05, 0) is 4.92 Å². The molecule has 1 aromatic rings. The zero-order valence-corrected chi connectivity index (χ0v) is 6.31. The minimum atomic E-state index is -0.632. The predicted octanol–water partition coefficient (Wildman–Crippen LogP) is -0.388. The molecule has 0 unspecified atom stereocenters. The fraction of sp³-hybridized carbons (Fsp3) is 0.200. The SMILES string of the molecule is Cn1nc([N+](=O)[O-])cc1C(=N)N.